The molecule has 1 atom stereocenters. The van der Waals surface area contributed by atoms with Gasteiger partial charge in [0, 0.05) is 18.7 Å². The van der Waals surface area contributed by atoms with Crippen LogP contribution < -0.4 is 20.1 Å². The van der Waals surface area contributed by atoms with Gasteiger partial charge in [-0.3, -0.25) is 4.99 Å². The number of aliphatic imine (C=N–C) groups is 1. The zero-order valence-electron chi connectivity index (χ0n) is 16.9. The molecule has 0 aliphatic heterocycles. The molecular weight excluding hydrogens is 488 g/mol. The molecule has 8 heteroatoms. The Morgan fingerprint density at radius 3 is 2.59 bits per heavy atom. The van der Waals surface area contributed by atoms with Crippen LogP contribution in [0.5, 0.6) is 11.5 Å². The molecule has 2 aromatic rings. The number of nitrogens with one attached hydrogen (secondary N) is 2. The van der Waals surface area contributed by atoms with E-state index < -0.39 is 6.10 Å². The van der Waals surface area contributed by atoms with Crippen LogP contribution in [0.25, 0.3) is 0 Å². The van der Waals surface area contributed by atoms with Gasteiger partial charge in [0.2, 0.25) is 0 Å². The fraction of sp³-hybridized carbons (Fsp3) is 0.381. The standard InChI is InChI=1S/C21H28FN3O3.HI/c1-4-23-21(24-11-10-15-6-5-7-16(22)12-15)25-14-19(26)18-13-17(27-2)8-9-20(18)28-3;/h5-9,12-13,19,26H,4,10-11,14H2,1-3H3,(H2,23,24,25);1H. The summed E-state index contributed by atoms with van der Waals surface area (Å²) in [5, 5.41) is 16.9. The maximum Gasteiger partial charge on any atom is 0.191 e. The van der Waals surface area contributed by atoms with Gasteiger partial charge in [-0.25, -0.2) is 4.39 Å². The molecule has 160 valence electrons. The maximum absolute atomic E-state index is 13.3. The van der Waals surface area contributed by atoms with E-state index in [1.54, 1.807) is 38.5 Å². The van der Waals surface area contributed by atoms with Gasteiger partial charge in [-0.05, 0) is 49.2 Å². The number of benzene rings is 2. The first kappa shape index (κ1) is 25.0. The predicted molar refractivity (Wildman–Crippen MR) is 124 cm³/mol. The van der Waals surface area contributed by atoms with Gasteiger partial charge in [-0.2, -0.15) is 0 Å². The highest BCUT2D eigenvalue weighted by Gasteiger charge is 2.14. The Morgan fingerprint density at radius 1 is 1.14 bits per heavy atom. The highest BCUT2D eigenvalue weighted by molar-refractivity contribution is 14.0. The summed E-state index contributed by atoms with van der Waals surface area (Å²) >= 11 is 0. The van der Waals surface area contributed by atoms with Crippen molar-refractivity contribution < 1.29 is 19.0 Å². The zero-order valence-corrected chi connectivity index (χ0v) is 19.3. The average molecular weight is 517 g/mol. The van der Waals surface area contributed by atoms with Crippen molar-refractivity contribution in [3.63, 3.8) is 0 Å². The van der Waals surface area contributed by atoms with Crippen LogP contribution in [0.2, 0.25) is 0 Å². The summed E-state index contributed by atoms with van der Waals surface area (Å²) in [5.41, 5.74) is 1.52. The maximum atomic E-state index is 13.3. The summed E-state index contributed by atoms with van der Waals surface area (Å²) in [7, 11) is 3.13. The lowest BCUT2D eigenvalue weighted by Gasteiger charge is -2.16. The lowest BCUT2D eigenvalue weighted by Crippen LogP contribution is -2.38. The lowest BCUT2D eigenvalue weighted by molar-refractivity contribution is 0.182. The van der Waals surface area contributed by atoms with Gasteiger partial charge >= 0.3 is 0 Å². The Hall–Kier alpha value is -2.07. The molecule has 0 radical (unpaired) electrons. The zero-order chi connectivity index (χ0) is 20.4. The van der Waals surface area contributed by atoms with Crippen molar-refractivity contribution in [1.29, 1.82) is 0 Å². The number of nitrogens with zero attached hydrogens (tertiary/aromatic N) is 1. The van der Waals surface area contributed by atoms with Crippen LogP contribution in [0.4, 0.5) is 4.39 Å². The molecule has 2 aromatic carbocycles. The Bertz CT molecular complexity index is 790. The Labute approximate surface area is 188 Å². The van der Waals surface area contributed by atoms with E-state index in [0.29, 0.717) is 42.5 Å². The van der Waals surface area contributed by atoms with Gasteiger partial charge in [0.25, 0.3) is 0 Å². The van der Waals surface area contributed by atoms with Crippen molar-refractivity contribution in [2.45, 2.75) is 19.4 Å². The summed E-state index contributed by atoms with van der Waals surface area (Å²) < 4.78 is 23.8. The lowest BCUT2D eigenvalue weighted by atomic mass is 10.1. The highest BCUT2D eigenvalue weighted by atomic mass is 127. The van der Waals surface area contributed by atoms with Gasteiger partial charge in [-0.1, -0.05) is 12.1 Å². The number of aliphatic hydroxyl groups excluding tert-OH is 1. The fourth-order valence-electron chi connectivity index (χ4n) is 2.74. The van der Waals surface area contributed by atoms with Crippen molar-refractivity contribution in [3.05, 3.63) is 59.4 Å². The number of halogens is 2. The number of rotatable bonds is 9. The van der Waals surface area contributed by atoms with Crippen molar-refractivity contribution in [2.24, 2.45) is 4.99 Å². The number of hydrogen-bond donors (Lipinski definition) is 3. The van der Waals surface area contributed by atoms with Crippen LogP contribution >= 0.6 is 24.0 Å². The van der Waals surface area contributed by atoms with E-state index in [2.05, 4.69) is 15.6 Å². The average Bonchev–Trinajstić information content (AvgIpc) is 2.71. The first-order valence-corrected chi connectivity index (χ1v) is 9.24. The van der Waals surface area contributed by atoms with Crippen LogP contribution in [-0.4, -0.2) is 44.9 Å². The molecule has 0 amide bonds. The fourth-order valence-corrected chi connectivity index (χ4v) is 2.74. The number of hydrogen-bond acceptors (Lipinski definition) is 4. The summed E-state index contributed by atoms with van der Waals surface area (Å²) in [6.45, 7) is 3.39. The van der Waals surface area contributed by atoms with Crippen LogP contribution in [-0.2, 0) is 6.42 Å². The largest absolute Gasteiger partial charge is 0.497 e. The predicted octanol–water partition coefficient (Wildman–Crippen LogP) is 3.29. The van der Waals surface area contributed by atoms with Gasteiger partial charge < -0.3 is 25.2 Å². The summed E-state index contributed by atoms with van der Waals surface area (Å²) in [4.78, 5) is 4.44. The Kier molecular flexibility index (Phi) is 11.4. The molecule has 0 aliphatic carbocycles. The topological polar surface area (TPSA) is 75.1 Å². The summed E-state index contributed by atoms with van der Waals surface area (Å²) in [5.74, 6) is 1.56. The Balaban J connectivity index is 0.00000420. The minimum Gasteiger partial charge on any atom is -0.497 e. The third-order valence-corrected chi connectivity index (χ3v) is 4.16. The normalized spacial score (nSPS) is 12.0. The van der Waals surface area contributed by atoms with Gasteiger partial charge in [0.15, 0.2) is 5.96 Å². The van der Waals surface area contributed by atoms with Crippen molar-refractivity contribution >= 4 is 29.9 Å². The minimum atomic E-state index is -0.844. The van der Waals surface area contributed by atoms with E-state index in [1.165, 1.54) is 12.1 Å². The molecule has 29 heavy (non-hydrogen) atoms. The van der Waals surface area contributed by atoms with Crippen LogP contribution in [0, 0.1) is 5.82 Å². The first-order chi connectivity index (χ1) is 13.6. The second-order valence-corrected chi connectivity index (χ2v) is 6.15. The molecule has 0 bridgehead atoms. The third kappa shape index (κ3) is 8.06. The second-order valence-electron chi connectivity index (χ2n) is 6.15. The molecule has 0 saturated heterocycles. The SMILES string of the molecule is CCNC(=NCC(O)c1cc(OC)ccc1OC)NCCc1cccc(F)c1.I. The molecule has 0 aliphatic rings. The quantitative estimate of drug-likeness (QED) is 0.271. The highest BCUT2D eigenvalue weighted by Crippen LogP contribution is 2.29. The molecule has 0 saturated carbocycles. The van der Waals surface area contributed by atoms with E-state index in [4.69, 9.17) is 9.47 Å². The van der Waals surface area contributed by atoms with E-state index in [1.807, 2.05) is 13.0 Å². The van der Waals surface area contributed by atoms with Gasteiger partial charge in [-0.15, -0.1) is 24.0 Å². The van der Waals surface area contributed by atoms with E-state index in [0.717, 1.165) is 5.56 Å². The molecule has 2 rings (SSSR count). The summed E-state index contributed by atoms with van der Waals surface area (Å²) in [6, 6.07) is 11.8. The number of aliphatic hydroxyl groups is 1. The molecule has 6 nitrogen and oxygen atoms in total. The molecule has 0 heterocycles. The van der Waals surface area contributed by atoms with E-state index in [-0.39, 0.29) is 36.3 Å². The van der Waals surface area contributed by atoms with Crippen LogP contribution in [0.3, 0.4) is 0 Å². The Morgan fingerprint density at radius 2 is 1.93 bits per heavy atom. The number of guanidine groups is 1. The molecule has 0 aromatic heterocycles. The monoisotopic (exact) mass is 517 g/mol. The summed E-state index contributed by atoms with van der Waals surface area (Å²) in [6.07, 6.45) is -0.183. The van der Waals surface area contributed by atoms with Crippen LogP contribution in [0.1, 0.15) is 24.2 Å². The van der Waals surface area contributed by atoms with Gasteiger partial charge in [0.1, 0.15) is 23.4 Å². The minimum absolute atomic E-state index is 0. The molecule has 3 N–H and O–H groups in total. The van der Waals surface area contributed by atoms with Crippen LogP contribution in [0.15, 0.2) is 47.5 Å². The van der Waals surface area contributed by atoms with Crippen molar-refractivity contribution in [2.75, 3.05) is 33.9 Å². The molecular formula is C21H29FIN3O3. The third-order valence-electron chi connectivity index (χ3n) is 4.16. The first-order valence-electron chi connectivity index (χ1n) is 9.24. The van der Waals surface area contributed by atoms with E-state index in [9.17, 15) is 9.50 Å². The van der Waals surface area contributed by atoms with E-state index >= 15 is 0 Å². The number of methoxy groups -OCH3 is 2. The smallest absolute Gasteiger partial charge is 0.191 e. The van der Waals surface area contributed by atoms with Crippen molar-refractivity contribution in [3.8, 4) is 11.5 Å². The molecule has 1 unspecified atom stereocenters. The molecule has 0 spiro atoms. The van der Waals surface area contributed by atoms with Gasteiger partial charge in [0.05, 0.1) is 20.8 Å². The second kappa shape index (κ2) is 13.2. The molecule has 0 fully saturated rings. The number of ether oxygens (including phenoxy) is 2. The van der Waals surface area contributed by atoms with Crippen molar-refractivity contribution in [1.82, 2.24) is 10.6 Å².